The van der Waals surface area contributed by atoms with Crippen LogP contribution in [0, 0.1) is 5.92 Å². The van der Waals surface area contributed by atoms with Crippen molar-refractivity contribution >= 4 is 71.1 Å². The van der Waals surface area contributed by atoms with Crippen molar-refractivity contribution in [3.63, 3.8) is 0 Å². The van der Waals surface area contributed by atoms with E-state index in [2.05, 4.69) is 32.3 Å². The number of hydrogen-bond acceptors (Lipinski definition) is 14. The average Bonchev–Trinajstić information content (AvgIpc) is 3.44. The summed E-state index contributed by atoms with van der Waals surface area (Å²) in [4.78, 5) is 167. The second-order valence-corrected chi connectivity index (χ2v) is 20.2. The predicted octanol–water partition coefficient (Wildman–Crippen LogP) is -3.79. The Morgan fingerprint density at radius 3 is 1.70 bits per heavy atom. The molecule has 4 fully saturated rings. The SMILES string of the molecule is CC(C)[C@@H]1C(=O)NC[C@@H]([NH3+])C(=O)N2CCCC[C@H]2C(=O)NCC(=O)N(C)CC(=O)N(C)C2(CCC2)C(=O)NC[C@@H](NC(=O)OCc2ccccc2)C(=O)N2CCCC[C@H]2C(=O)NCC(=O)N(C)CC(=O)N1C.O=C([O-])C(F)(F)F. The van der Waals surface area contributed by atoms with Crippen molar-refractivity contribution in [1.29, 1.82) is 0 Å². The van der Waals surface area contributed by atoms with E-state index in [0.29, 0.717) is 44.1 Å². The van der Waals surface area contributed by atoms with Gasteiger partial charge in [-0.25, -0.2) is 4.79 Å². The Labute approximate surface area is 454 Å². The van der Waals surface area contributed by atoms with Crippen molar-refractivity contribution in [3.05, 3.63) is 35.9 Å². The molecule has 79 heavy (non-hydrogen) atoms. The summed E-state index contributed by atoms with van der Waals surface area (Å²) in [5.74, 6) is -9.52. The highest BCUT2D eigenvalue weighted by Gasteiger charge is 2.50. The summed E-state index contributed by atoms with van der Waals surface area (Å²) in [6.45, 7) is 1.01. The third kappa shape index (κ3) is 17.5. The van der Waals surface area contributed by atoms with Gasteiger partial charge in [0, 0.05) is 47.8 Å². The number of alkyl halides is 3. The number of nitrogens with one attached hydrogen (secondary N) is 5. The van der Waals surface area contributed by atoms with Crippen molar-refractivity contribution in [3.8, 4) is 0 Å². The zero-order valence-electron chi connectivity index (χ0n) is 45.3. The molecule has 5 rings (SSSR count). The lowest BCUT2D eigenvalue weighted by molar-refractivity contribution is -0.403. The van der Waals surface area contributed by atoms with Gasteiger partial charge in [0.1, 0.15) is 42.3 Å². The lowest BCUT2D eigenvalue weighted by atomic mass is 9.74. The second-order valence-electron chi connectivity index (χ2n) is 20.2. The summed E-state index contributed by atoms with van der Waals surface area (Å²) >= 11 is 0. The van der Waals surface area contributed by atoms with Crippen LogP contribution in [0.3, 0.4) is 0 Å². The average molecular weight is 1120 g/mol. The van der Waals surface area contributed by atoms with Gasteiger partial charge in [-0.15, -0.1) is 0 Å². The second kappa shape index (κ2) is 28.9. The van der Waals surface area contributed by atoms with Gasteiger partial charge in [0.05, 0.1) is 32.7 Å². The first-order valence-electron chi connectivity index (χ1n) is 25.9. The molecule has 1 aromatic carbocycles. The number of rotatable bonds is 4. The number of nitrogens with zero attached hydrogens (tertiary/aromatic N) is 6. The number of carboxylic acids is 1. The topological polar surface area (TPSA) is 344 Å². The molecule has 0 radical (unpaired) electrons. The van der Waals surface area contributed by atoms with E-state index in [-0.39, 0.29) is 45.5 Å². The Morgan fingerprint density at radius 2 is 1.22 bits per heavy atom. The molecule has 26 nitrogen and oxygen atoms in total. The van der Waals surface area contributed by atoms with E-state index in [1.165, 1.54) is 47.8 Å². The lowest BCUT2D eigenvalue weighted by Gasteiger charge is -2.47. The minimum atomic E-state index is -5.19. The Kier molecular flexibility index (Phi) is 23.4. The molecule has 29 heteroatoms. The Balaban J connectivity index is 0.00000179. The molecule has 1 aromatic rings. The first kappa shape index (κ1) is 63.9. The van der Waals surface area contributed by atoms with Gasteiger partial charge in [-0.1, -0.05) is 44.2 Å². The number of hydrogen-bond donors (Lipinski definition) is 6. The van der Waals surface area contributed by atoms with Crippen molar-refractivity contribution in [2.24, 2.45) is 5.92 Å². The van der Waals surface area contributed by atoms with Crippen molar-refractivity contribution in [2.75, 3.05) is 80.5 Å². The number of fused-ring (bicyclic) bond motifs is 2. The quantitative estimate of drug-likeness (QED) is 0.169. The standard InChI is InChI=1S/C48H72N12O12.C2HF3O2/c1-30(2)40-43(67)50-23-32(49)44(68)59-21-12-10-17-34(59)41(65)51-26-37(62)56(4)28-39(64)58(6)48(19-14-20-48)46(70)53-24-33(54-47(71)72-29-31-15-8-7-9-16-31)45(69)60-22-13-11-18-35(60)42(66)52-25-36(61)55(3)27-38(63)57(40)5;3-2(4,5)1(6)7/h7-9,15-16,30,32-35,40H,10-14,17-29,49H2,1-6H3,(H,50,67)(H,51,65)(H,52,66)(H,53,70)(H,54,71);(H,6,7)/t32-,33-,34+,35+,40-;/m1./s1. The fourth-order valence-electron chi connectivity index (χ4n) is 9.43. The largest absolute Gasteiger partial charge is 0.542 e. The van der Waals surface area contributed by atoms with Gasteiger partial charge in [0.2, 0.25) is 53.2 Å². The van der Waals surface area contributed by atoms with Gasteiger partial charge in [0.15, 0.2) is 6.04 Å². The van der Waals surface area contributed by atoms with E-state index < -0.39 is 152 Å². The fourth-order valence-corrected chi connectivity index (χ4v) is 9.43. The number of likely N-dealkylation sites (N-methyl/N-ethyl adjacent to an activating group) is 4. The smallest absolute Gasteiger partial charge is 0.430 e. The predicted molar refractivity (Wildman–Crippen MR) is 268 cm³/mol. The molecular formula is C50H73F3N12O14. The minimum absolute atomic E-state index is 0.100. The number of aliphatic carboxylic acids is 1. The number of ether oxygens (including phenoxy) is 1. The third-order valence-corrected chi connectivity index (χ3v) is 14.3. The van der Waals surface area contributed by atoms with Gasteiger partial charge in [-0.3, -0.25) is 47.9 Å². The molecule has 1 saturated carbocycles. The molecule has 3 heterocycles. The summed E-state index contributed by atoms with van der Waals surface area (Å²) < 4.78 is 37.0. The summed E-state index contributed by atoms with van der Waals surface area (Å²) in [6.07, 6.45) is -2.27. The van der Waals surface area contributed by atoms with Crippen molar-refractivity contribution < 1.29 is 86.3 Å². The van der Waals surface area contributed by atoms with Crippen LogP contribution in [-0.4, -0.2) is 223 Å². The van der Waals surface area contributed by atoms with Crippen LogP contribution in [0.1, 0.15) is 77.2 Å². The van der Waals surface area contributed by atoms with Crippen LogP contribution in [-0.2, 0) is 64.1 Å². The summed E-state index contributed by atoms with van der Waals surface area (Å²) in [5.41, 5.74) is 3.26. The first-order chi connectivity index (χ1) is 37.1. The Morgan fingerprint density at radius 1 is 0.709 bits per heavy atom. The van der Waals surface area contributed by atoms with Gasteiger partial charge in [0.25, 0.3) is 5.91 Å². The van der Waals surface area contributed by atoms with E-state index in [1.54, 1.807) is 44.2 Å². The van der Waals surface area contributed by atoms with Crippen molar-refractivity contribution in [1.82, 2.24) is 56.0 Å². The fraction of sp³-hybridized carbons (Fsp3) is 0.640. The minimum Gasteiger partial charge on any atom is -0.542 e. The van der Waals surface area contributed by atoms with Crippen LogP contribution in [0.2, 0.25) is 0 Å². The summed E-state index contributed by atoms with van der Waals surface area (Å²) in [7, 11) is 5.58. The van der Waals surface area contributed by atoms with E-state index in [9.17, 15) is 65.9 Å². The maximum Gasteiger partial charge on any atom is 0.430 e. The maximum absolute atomic E-state index is 14.5. The van der Waals surface area contributed by atoms with E-state index in [4.69, 9.17) is 14.6 Å². The van der Waals surface area contributed by atoms with Crippen LogP contribution >= 0.6 is 0 Å². The van der Waals surface area contributed by atoms with Crippen LogP contribution in [0.5, 0.6) is 0 Å². The number of halogens is 3. The summed E-state index contributed by atoms with van der Waals surface area (Å²) in [6, 6.07) is 3.28. The maximum atomic E-state index is 14.5. The molecule has 0 unspecified atom stereocenters. The molecule has 1 spiro atoms. The third-order valence-electron chi connectivity index (χ3n) is 14.3. The zero-order valence-corrected chi connectivity index (χ0v) is 45.3. The molecule has 11 amide bonds. The number of amides is 11. The number of benzene rings is 1. The molecule has 8 N–H and O–H groups in total. The number of alkyl carbamates (subject to hydrolysis) is 1. The molecular weight excluding hydrogens is 1050 g/mol. The molecule has 438 valence electrons. The molecule has 3 aliphatic heterocycles. The highest BCUT2D eigenvalue weighted by Crippen LogP contribution is 2.37. The van der Waals surface area contributed by atoms with Crippen LogP contribution in [0.4, 0.5) is 18.0 Å². The van der Waals surface area contributed by atoms with Gasteiger partial charge in [-0.05, 0) is 69.3 Å². The highest BCUT2D eigenvalue weighted by atomic mass is 19.4. The van der Waals surface area contributed by atoms with Crippen LogP contribution in [0.25, 0.3) is 0 Å². The Hall–Kier alpha value is -7.59. The normalized spacial score (nSPS) is 24.5. The van der Waals surface area contributed by atoms with E-state index in [0.717, 1.165) is 9.80 Å². The first-order valence-corrected chi connectivity index (χ1v) is 25.9. The number of carbonyl (C=O) groups is 12. The number of carboxylic acid groups (broad SMARTS) is 1. The molecule has 5 atom stereocenters. The molecule has 3 saturated heterocycles. The molecule has 4 aliphatic rings. The van der Waals surface area contributed by atoms with Gasteiger partial charge < -0.3 is 76.4 Å². The molecule has 1 aliphatic carbocycles. The van der Waals surface area contributed by atoms with Gasteiger partial charge in [-0.2, -0.15) is 13.2 Å². The summed E-state index contributed by atoms with van der Waals surface area (Å²) in [5, 5.41) is 22.0. The van der Waals surface area contributed by atoms with E-state index >= 15 is 0 Å². The highest BCUT2D eigenvalue weighted by molar-refractivity contribution is 5.97. The number of quaternary nitrogens is 1. The van der Waals surface area contributed by atoms with Crippen LogP contribution in [0.15, 0.2) is 30.3 Å². The molecule has 0 aromatic heterocycles. The van der Waals surface area contributed by atoms with Gasteiger partial charge >= 0.3 is 12.3 Å². The lowest BCUT2D eigenvalue weighted by Crippen LogP contribution is -2.73. The van der Waals surface area contributed by atoms with E-state index in [1.807, 2.05) is 0 Å². The number of piperidine rings is 2. The Bertz CT molecular complexity index is 2410. The monoisotopic (exact) mass is 1120 g/mol. The van der Waals surface area contributed by atoms with Crippen LogP contribution < -0.4 is 37.4 Å². The zero-order chi connectivity index (χ0) is 58.9. The van der Waals surface area contributed by atoms with Crippen molar-refractivity contribution in [2.45, 2.75) is 120 Å². The molecule has 0 bridgehead atoms. The number of carbonyl (C=O) groups excluding carboxylic acids is 12.